The SMILES string of the molecule is Cc1nc(C(C)(C)C)sc1C(=O)N(C)C(C)c1ccc(F)c(F)c1. The van der Waals surface area contributed by atoms with Crippen LogP contribution in [0.2, 0.25) is 0 Å². The van der Waals surface area contributed by atoms with Crippen molar-refractivity contribution < 1.29 is 13.6 Å². The van der Waals surface area contributed by atoms with E-state index in [1.54, 1.807) is 14.0 Å². The molecule has 1 amide bonds. The number of aryl methyl sites for hydroxylation is 1. The van der Waals surface area contributed by atoms with Crippen molar-refractivity contribution in [3.63, 3.8) is 0 Å². The van der Waals surface area contributed by atoms with Crippen molar-refractivity contribution in [2.24, 2.45) is 0 Å². The van der Waals surface area contributed by atoms with Gasteiger partial charge in [0.1, 0.15) is 4.88 Å². The molecule has 1 unspecified atom stereocenters. The Morgan fingerprint density at radius 3 is 2.38 bits per heavy atom. The van der Waals surface area contributed by atoms with Crippen LogP contribution in [0.15, 0.2) is 18.2 Å². The first kappa shape index (κ1) is 18.5. The van der Waals surface area contributed by atoms with E-state index in [1.165, 1.54) is 22.3 Å². The zero-order valence-corrected chi connectivity index (χ0v) is 15.6. The van der Waals surface area contributed by atoms with Gasteiger partial charge in [0.05, 0.1) is 16.7 Å². The quantitative estimate of drug-likeness (QED) is 0.790. The Kier molecular flexibility index (Phi) is 5.08. The lowest BCUT2D eigenvalue weighted by atomic mass is 9.98. The van der Waals surface area contributed by atoms with E-state index < -0.39 is 11.6 Å². The van der Waals surface area contributed by atoms with Crippen LogP contribution in [0.1, 0.15) is 59.7 Å². The molecule has 0 spiro atoms. The van der Waals surface area contributed by atoms with Crippen molar-refractivity contribution in [2.45, 2.75) is 46.1 Å². The van der Waals surface area contributed by atoms with E-state index in [-0.39, 0.29) is 17.4 Å². The van der Waals surface area contributed by atoms with E-state index in [4.69, 9.17) is 0 Å². The second kappa shape index (κ2) is 6.59. The number of carbonyl (C=O) groups is 1. The number of amides is 1. The first-order valence-corrected chi connectivity index (χ1v) is 8.54. The molecule has 0 N–H and O–H groups in total. The third-order valence-corrected chi connectivity index (χ3v) is 5.53. The number of rotatable bonds is 3. The van der Waals surface area contributed by atoms with E-state index in [2.05, 4.69) is 4.98 Å². The predicted octanol–water partition coefficient (Wildman–Crippen LogP) is 4.86. The largest absolute Gasteiger partial charge is 0.334 e. The maximum atomic E-state index is 13.4. The van der Waals surface area contributed by atoms with Crippen molar-refractivity contribution in [1.29, 1.82) is 0 Å². The lowest BCUT2D eigenvalue weighted by Gasteiger charge is -2.25. The summed E-state index contributed by atoms with van der Waals surface area (Å²) < 4.78 is 26.5. The molecular weight excluding hydrogens is 330 g/mol. The summed E-state index contributed by atoms with van der Waals surface area (Å²) in [4.78, 5) is 19.4. The molecule has 1 heterocycles. The van der Waals surface area contributed by atoms with E-state index >= 15 is 0 Å². The number of carbonyl (C=O) groups excluding carboxylic acids is 1. The molecule has 6 heteroatoms. The number of thiazole rings is 1. The van der Waals surface area contributed by atoms with Gasteiger partial charge in [-0.2, -0.15) is 0 Å². The minimum atomic E-state index is -0.913. The Labute approximate surface area is 145 Å². The molecule has 0 aliphatic heterocycles. The molecular formula is C18H22F2N2OS. The number of hydrogen-bond acceptors (Lipinski definition) is 3. The summed E-state index contributed by atoms with van der Waals surface area (Å²) in [6.07, 6.45) is 0. The highest BCUT2D eigenvalue weighted by molar-refractivity contribution is 7.14. The van der Waals surface area contributed by atoms with Gasteiger partial charge in [0.15, 0.2) is 11.6 Å². The standard InChI is InChI=1S/C18H22F2N2OS/c1-10-15(24-17(21-10)18(3,4)5)16(23)22(6)11(2)12-7-8-13(19)14(20)9-12/h7-9,11H,1-6H3. The molecule has 0 bridgehead atoms. The molecule has 24 heavy (non-hydrogen) atoms. The predicted molar refractivity (Wildman–Crippen MR) is 92.4 cm³/mol. The zero-order valence-electron chi connectivity index (χ0n) is 14.8. The fourth-order valence-corrected chi connectivity index (χ4v) is 3.35. The van der Waals surface area contributed by atoms with Crippen LogP contribution in [0.25, 0.3) is 0 Å². The molecule has 130 valence electrons. The summed E-state index contributed by atoms with van der Waals surface area (Å²) in [5.41, 5.74) is 1.11. The lowest BCUT2D eigenvalue weighted by molar-refractivity contribution is 0.0746. The Hall–Kier alpha value is -1.82. The van der Waals surface area contributed by atoms with Crippen molar-refractivity contribution in [1.82, 2.24) is 9.88 Å². The average molecular weight is 352 g/mol. The zero-order chi connectivity index (χ0) is 18.2. The third-order valence-electron chi connectivity index (χ3n) is 3.96. The normalized spacial score (nSPS) is 13.0. The maximum absolute atomic E-state index is 13.4. The molecule has 0 fully saturated rings. The van der Waals surface area contributed by atoms with Crippen LogP contribution in [0.4, 0.5) is 8.78 Å². The summed E-state index contributed by atoms with van der Waals surface area (Å²) in [7, 11) is 1.66. The van der Waals surface area contributed by atoms with Crippen LogP contribution in [0.3, 0.4) is 0 Å². The molecule has 3 nitrogen and oxygen atoms in total. The van der Waals surface area contributed by atoms with Crippen LogP contribution in [0, 0.1) is 18.6 Å². The highest BCUT2D eigenvalue weighted by Gasteiger charge is 2.27. The van der Waals surface area contributed by atoms with Gasteiger partial charge in [0, 0.05) is 12.5 Å². The van der Waals surface area contributed by atoms with Crippen LogP contribution < -0.4 is 0 Å². The molecule has 0 saturated carbocycles. The van der Waals surface area contributed by atoms with E-state index in [1.807, 2.05) is 27.7 Å². The summed E-state index contributed by atoms with van der Waals surface area (Å²) in [5, 5.41) is 0.900. The summed E-state index contributed by atoms with van der Waals surface area (Å²) in [5.74, 6) is -1.98. The van der Waals surface area contributed by atoms with Gasteiger partial charge >= 0.3 is 0 Å². The maximum Gasteiger partial charge on any atom is 0.266 e. The van der Waals surface area contributed by atoms with Gasteiger partial charge in [-0.05, 0) is 31.5 Å². The highest BCUT2D eigenvalue weighted by atomic mass is 32.1. The first-order valence-electron chi connectivity index (χ1n) is 7.72. The van der Waals surface area contributed by atoms with Gasteiger partial charge < -0.3 is 4.90 Å². The topological polar surface area (TPSA) is 33.2 Å². The Balaban J connectivity index is 2.29. The van der Waals surface area contributed by atoms with Crippen LogP contribution >= 0.6 is 11.3 Å². The Morgan fingerprint density at radius 2 is 1.88 bits per heavy atom. The summed E-state index contributed by atoms with van der Waals surface area (Å²) >= 11 is 1.38. The fourth-order valence-electron chi connectivity index (χ4n) is 2.25. The second-order valence-electron chi connectivity index (χ2n) is 6.95. The Morgan fingerprint density at radius 1 is 1.25 bits per heavy atom. The number of hydrogen-bond donors (Lipinski definition) is 0. The molecule has 0 aliphatic carbocycles. The van der Waals surface area contributed by atoms with Crippen molar-refractivity contribution in [3.8, 4) is 0 Å². The van der Waals surface area contributed by atoms with Crippen molar-refractivity contribution in [2.75, 3.05) is 7.05 Å². The molecule has 1 aromatic heterocycles. The number of nitrogens with zero attached hydrogens (tertiary/aromatic N) is 2. The van der Waals surface area contributed by atoms with Gasteiger partial charge in [-0.3, -0.25) is 4.79 Å². The molecule has 0 aliphatic rings. The van der Waals surface area contributed by atoms with Gasteiger partial charge in [-0.15, -0.1) is 11.3 Å². The van der Waals surface area contributed by atoms with E-state index in [0.29, 0.717) is 16.1 Å². The minimum absolute atomic E-state index is 0.127. The highest BCUT2D eigenvalue weighted by Crippen LogP contribution is 2.31. The molecule has 0 saturated heterocycles. The second-order valence-corrected chi connectivity index (χ2v) is 7.95. The summed E-state index contributed by atoms with van der Waals surface area (Å²) in [6.45, 7) is 9.74. The van der Waals surface area contributed by atoms with Gasteiger partial charge in [-0.1, -0.05) is 26.8 Å². The van der Waals surface area contributed by atoms with E-state index in [0.717, 1.165) is 17.1 Å². The molecule has 2 aromatic rings. The van der Waals surface area contributed by atoms with Crippen LogP contribution in [-0.2, 0) is 5.41 Å². The number of halogens is 2. The molecule has 1 atom stereocenters. The number of benzene rings is 1. The van der Waals surface area contributed by atoms with Gasteiger partial charge in [0.25, 0.3) is 5.91 Å². The van der Waals surface area contributed by atoms with Crippen LogP contribution in [0.5, 0.6) is 0 Å². The van der Waals surface area contributed by atoms with Crippen molar-refractivity contribution >= 4 is 17.2 Å². The van der Waals surface area contributed by atoms with Gasteiger partial charge in [0.2, 0.25) is 0 Å². The fraction of sp³-hybridized carbons (Fsp3) is 0.444. The smallest absolute Gasteiger partial charge is 0.266 e. The average Bonchev–Trinajstić information content (AvgIpc) is 2.90. The number of aromatic nitrogens is 1. The minimum Gasteiger partial charge on any atom is -0.334 e. The monoisotopic (exact) mass is 352 g/mol. The van der Waals surface area contributed by atoms with Gasteiger partial charge in [-0.25, -0.2) is 13.8 Å². The summed E-state index contributed by atoms with van der Waals surface area (Å²) in [6, 6.07) is 3.32. The van der Waals surface area contributed by atoms with E-state index in [9.17, 15) is 13.6 Å². The molecule has 0 radical (unpaired) electrons. The molecule has 1 aromatic carbocycles. The first-order chi connectivity index (χ1) is 11.0. The van der Waals surface area contributed by atoms with Crippen molar-refractivity contribution in [3.05, 3.63) is 51.0 Å². The Bertz CT molecular complexity index is 765. The molecule has 2 rings (SSSR count). The lowest BCUT2D eigenvalue weighted by Crippen LogP contribution is -2.29. The van der Waals surface area contributed by atoms with Crippen LogP contribution in [-0.4, -0.2) is 22.8 Å². The third kappa shape index (κ3) is 3.64.